The molecular weight excluding hydrogens is 534 g/mol. The van der Waals surface area contributed by atoms with E-state index in [4.69, 9.17) is 0 Å². The van der Waals surface area contributed by atoms with Crippen LogP contribution in [0.3, 0.4) is 0 Å². The molecule has 1 aliphatic carbocycles. The van der Waals surface area contributed by atoms with Gasteiger partial charge in [0.05, 0.1) is 6.26 Å². The molecule has 5 rings (SSSR count). The molecule has 1 saturated heterocycles. The number of benzene rings is 3. The second kappa shape index (κ2) is 12.6. The zero-order chi connectivity index (χ0) is 29.0. The maximum absolute atomic E-state index is 13.7. The summed E-state index contributed by atoms with van der Waals surface area (Å²) in [6.07, 6.45) is 4.74. The second-order valence-corrected chi connectivity index (χ2v) is 13.4. The molecule has 2 fully saturated rings. The lowest BCUT2D eigenvalue weighted by Gasteiger charge is -2.35. The van der Waals surface area contributed by atoms with Gasteiger partial charge in [-0.25, -0.2) is 8.42 Å². The number of aryl methyl sites for hydroxylation is 1. The van der Waals surface area contributed by atoms with Crippen molar-refractivity contribution in [3.63, 3.8) is 0 Å². The van der Waals surface area contributed by atoms with Gasteiger partial charge in [0.25, 0.3) is 5.91 Å². The van der Waals surface area contributed by atoms with Gasteiger partial charge in [-0.3, -0.25) is 9.59 Å². The summed E-state index contributed by atoms with van der Waals surface area (Å²) in [4.78, 5) is 28.8. The van der Waals surface area contributed by atoms with Crippen LogP contribution in [0, 0.1) is 12.8 Å². The van der Waals surface area contributed by atoms with Crippen LogP contribution in [0.25, 0.3) is 11.1 Å². The molecule has 7 nitrogen and oxygen atoms in total. The molecule has 1 saturated carbocycles. The van der Waals surface area contributed by atoms with Crippen molar-refractivity contribution >= 4 is 21.8 Å². The Balaban J connectivity index is 1.24. The number of hydrogen-bond acceptors (Lipinski definition) is 4. The molecule has 0 bridgehead atoms. The summed E-state index contributed by atoms with van der Waals surface area (Å²) >= 11 is 0. The number of nitrogens with zero attached hydrogens (tertiary/aromatic N) is 2. The highest BCUT2D eigenvalue weighted by molar-refractivity contribution is 7.88. The van der Waals surface area contributed by atoms with Gasteiger partial charge in [-0.15, -0.1) is 0 Å². The normalized spacial score (nSPS) is 19.9. The van der Waals surface area contributed by atoms with Gasteiger partial charge >= 0.3 is 0 Å². The molecule has 0 radical (unpaired) electrons. The average Bonchev–Trinajstić information content (AvgIpc) is 3.76. The first-order chi connectivity index (χ1) is 19.7. The van der Waals surface area contributed by atoms with Crippen LogP contribution >= 0.6 is 0 Å². The van der Waals surface area contributed by atoms with E-state index in [-0.39, 0.29) is 24.9 Å². The number of carbonyl (C=O) groups excluding carboxylic acids is 2. The largest absolute Gasteiger partial charge is 0.340 e. The first kappa shape index (κ1) is 29.0. The number of amides is 2. The van der Waals surface area contributed by atoms with Gasteiger partial charge in [0, 0.05) is 31.7 Å². The number of nitrogens with one attached hydrogen (secondary N) is 1. The Morgan fingerprint density at radius 1 is 0.902 bits per heavy atom. The molecule has 8 heteroatoms. The molecule has 3 aromatic carbocycles. The molecule has 216 valence electrons. The Labute approximate surface area is 243 Å². The zero-order valence-corrected chi connectivity index (χ0v) is 24.6. The van der Waals surface area contributed by atoms with Crippen LogP contribution in [0.15, 0.2) is 78.9 Å². The van der Waals surface area contributed by atoms with Gasteiger partial charge in [-0.2, -0.15) is 4.31 Å². The number of carbonyl (C=O) groups is 2. The third-order valence-electron chi connectivity index (χ3n) is 8.35. The average molecular weight is 574 g/mol. The van der Waals surface area contributed by atoms with Crippen molar-refractivity contribution in [2.24, 2.45) is 5.92 Å². The van der Waals surface area contributed by atoms with E-state index in [1.54, 1.807) is 11.0 Å². The minimum Gasteiger partial charge on any atom is -0.340 e. The molecule has 1 heterocycles. The van der Waals surface area contributed by atoms with Crippen LogP contribution in [0.1, 0.15) is 53.1 Å². The van der Waals surface area contributed by atoms with Crippen molar-refractivity contribution in [1.29, 1.82) is 0 Å². The molecule has 0 spiro atoms. The quantitative estimate of drug-likeness (QED) is 0.376. The molecular formula is C33H39N3O4S. The summed E-state index contributed by atoms with van der Waals surface area (Å²) in [5.74, 6) is 0.755. The Bertz CT molecular complexity index is 1470. The Morgan fingerprint density at radius 3 is 2.27 bits per heavy atom. The van der Waals surface area contributed by atoms with Gasteiger partial charge < -0.3 is 10.2 Å². The molecule has 2 aliphatic rings. The molecule has 2 amide bonds. The molecule has 1 aliphatic heterocycles. The predicted molar refractivity (Wildman–Crippen MR) is 162 cm³/mol. The Kier molecular flexibility index (Phi) is 8.90. The fourth-order valence-corrected chi connectivity index (χ4v) is 6.63. The van der Waals surface area contributed by atoms with Crippen molar-refractivity contribution < 1.29 is 18.0 Å². The summed E-state index contributed by atoms with van der Waals surface area (Å²) in [7, 11) is -3.30. The third kappa shape index (κ3) is 7.43. The minimum absolute atomic E-state index is 0.142. The summed E-state index contributed by atoms with van der Waals surface area (Å²) in [6.45, 7) is 3.27. The van der Waals surface area contributed by atoms with E-state index in [0.717, 1.165) is 30.4 Å². The highest BCUT2D eigenvalue weighted by Gasteiger charge is 2.38. The zero-order valence-electron chi connectivity index (χ0n) is 23.8. The third-order valence-corrected chi connectivity index (χ3v) is 9.65. The highest BCUT2D eigenvalue weighted by atomic mass is 32.2. The van der Waals surface area contributed by atoms with Crippen LogP contribution in [0.5, 0.6) is 0 Å². The van der Waals surface area contributed by atoms with E-state index in [2.05, 4.69) is 36.5 Å². The summed E-state index contributed by atoms with van der Waals surface area (Å²) < 4.78 is 25.3. The van der Waals surface area contributed by atoms with Crippen molar-refractivity contribution in [2.75, 3.05) is 32.4 Å². The van der Waals surface area contributed by atoms with E-state index in [0.29, 0.717) is 36.9 Å². The van der Waals surface area contributed by atoms with Gasteiger partial charge in [0.2, 0.25) is 15.9 Å². The standard InChI is InChI=1S/C33H39N3O4S/c1-24-14-16-26(17-15-24)30-23-28(30)11-7-13-31(33(38)35-18-20-36(21-19-35)41(2,39)40)34-32(37)29-12-6-10-27(22-29)25-8-4-3-5-9-25/h3-6,8-10,12,14-17,22,28,30-31H,7,11,13,18-21,23H2,1-2H3,(H,34,37)/t28-,30+,31+/m1/s1. The lowest BCUT2D eigenvalue weighted by atomic mass is 10.0. The maximum Gasteiger partial charge on any atom is 0.251 e. The SMILES string of the molecule is Cc1ccc([C@@H]2C[C@H]2CCC[C@H](NC(=O)c2cccc(-c3ccccc3)c2)C(=O)N2CCN(S(C)(=O)=O)CC2)cc1. The van der Waals surface area contributed by atoms with Gasteiger partial charge in [0.15, 0.2) is 0 Å². The topological polar surface area (TPSA) is 86.8 Å². The minimum atomic E-state index is -3.30. The lowest BCUT2D eigenvalue weighted by molar-refractivity contribution is -0.134. The molecule has 3 aromatic rings. The fraction of sp³-hybridized carbons (Fsp3) is 0.394. The number of rotatable bonds is 10. The van der Waals surface area contributed by atoms with Crippen LogP contribution < -0.4 is 5.32 Å². The van der Waals surface area contributed by atoms with Crippen molar-refractivity contribution in [3.05, 3.63) is 95.6 Å². The van der Waals surface area contributed by atoms with E-state index in [1.807, 2.05) is 48.5 Å². The van der Waals surface area contributed by atoms with Crippen molar-refractivity contribution in [2.45, 2.75) is 44.6 Å². The van der Waals surface area contributed by atoms with Crippen LogP contribution in [-0.2, 0) is 14.8 Å². The van der Waals surface area contributed by atoms with Gasteiger partial charge in [0.1, 0.15) is 6.04 Å². The molecule has 1 N–H and O–H groups in total. The molecule has 41 heavy (non-hydrogen) atoms. The maximum atomic E-state index is 13.7. The highest BCUT2D eigenvalue weighted by Crippen LogP contribution is 2.50. The van der Waals surface area contributed by atoms with Crippen LogP contribution in [0.2, 0.25) is 0 Å². The van der Waals surface area contributed by atoms with E-state index in [1.165, 1.54) is 21.7 Å². The Hall–Kier alpha value is -3.49. The monoisotopic (exact) mass is 573 g/mol. The summed E-state index contributed by atoms with van der Waals surface area (Å²) in [6, 6.07) is 25.4. The number of hydrogen-bond donors (Lipinski definition) is 1. The van der Waals surface area contributed by atoms with Gasteiger partial charge in [-0.1, -0.05) is 78.7 Å². The van der Waals surface area contributed by atoms with Crippen LogP contribution in [-0.4, -0.2) is 67.9 Å². The van der Waals surface area contributed by atoms with Gasteiger partial charge in [-0.05, 0) is 66.8 Å². The van der Waals surface area contributed by atoms with Crippen molar-refractivity contribution in [3.8, 4) is 11.1 Å². The Morgan fingerprint density at radius 2 is 1.59 bits per heavy atom. The number of sulfonamides is 1. The smallest absolute Gasteiger partial charge is 0.251 e. The fourth-order valence-electron chi connectivity index (χ4n) is 5.80. The first-order valence-electron chi connectivity index (χ1n) is 14.5. The van der Waals surface area contributed by atoms with Crippen LogP contribution in [0.4, 0.5) is 0 Å². The lowest BCUT2D eigenvalue weighted by Crippen LogP contribution is -2.55. The molecule has 0 unspecified atom stereocenters. The van der Waals surface area contributed by atoms with Crippen molar-refractivity contribution in [1.82, 2.24) is 14.5 Å². The molecule has 3 atom stereocenters. The summed E-state index contributed by atoms with van der Waals surface area (Å²) in [5, 5.41) is 3.03. The van der Waals surface area contributed by atoms with E-state index >= 15 is 0 Å². The molecule has 0 aromatic heterocycles. The predicted octanol–water partition coefficient (Wildman–Crippen LogP) is 4.84. The van der Waals surface area contributed by atoms with E-state index < -0.39 is 16.1 Å². The van der Waals surface area contributed by atoms with E-state index in [9.17, 15) is 18.0 Å². The first-order valence-corrected chi connectivity index (χ1v) is 16.3. The second-order valence-electron chi connectivity index (χ2n) is 11.4. The summed E-state index contributed by atoms with van der Waals surface area (Å²) in [5.41, 5.74) is 5.10. The number of piperazine rings is 1.